The number of benzene rings is 2. The molecule has 170 valence electrons. The third kappa shape index (κ3) is 4.24. The topological polar surface area (TPSA) is 76.1 Å². The zero-order valence-electron chi connectivity index (χ0n) is 18.7. The smallest absolute Gasteiger partial charge is 0.295 e. The molecule has 3 aromatic rings. The highest BCUT2D eigenvalue weighted by atomic mass is 32.1. The summed E-state index contributed by atoms with van der Waals surface area (Å²) in [6, 6.07) is 15.8. The molecule has 1 aromatic heterocycles. The van der Waals surface area contributed by atoms with E-state index in [9.17, 15) is 14.7 Å². The number of nitrogens with zero attached hydrogens (tertiary/aromatic N) is 1. The van der Waals surface area contributed by atoms with Crippen molar-refractivity contribution in [2.45, 2.75) is 25.9 Å². The number of hydrogen-bond donors (Lipinski definition) is 1. The first-order chi connectivity index (χ1) is 16.0. The van der Waals surface area contributed by atoms with Crippen molar-refractivity contribution < 1.29 is 24.2 Å². The van der Waals surface area contributed by atoms with Crippen molar-refractivity contribution in [1.29, 1.82) is 0 Å². The molecule has 6 nitrogen and oxygen atoms in total. The van der Waals surface area contributed by atoms with Crippen molar-refractivity contribution in [3.8, 4) is 11.5 Å². The summed E-state index contributed by atoms with van der Waals surface area (Å²) >= 11 is 1.44. The van der Waals surface area contributed by atoms with E-state index in [0.29, 0.717) is 17.1 Å². The van der Waals surface area contributed by atoms with Gasteiger partial charge in [0, 0.05) is 17.0 Å². The number of rotatable bonds is 7. The molecule has 0 spiro atoms. The van der Waals surface area contributed by atoms with E-state index in [1.165, 1.54) is 16.2 Å². The van der Waals surface area contributed by atoms with Crippen LogP contribution in [0.25, 0.3) is 5.76 Å². The summed E-state index contributed by atoms with van der Waals surface area (Å²) in [6.07, 6.45) is 0.867. The Kier molecular flexibility index (Phi) is 6.51. The van der Waals surface area contributed by atoms with Gasteiger partial charge < -0.3 is 19.5 Å². The largest absolute Gasteiger partial charge is 0.507 e. The fourth-order valence-corrected chi connectivity index (χ4v) is 4.86. The number of thiophene rings is 1. The SMILES string of the molecule is CCc1ccc(/C(O)=C2/C(=O)C(=O)N(Cc3ccc(OC)c(OC)c3)C2c2cccs2)cc1. The minimum Gasteiger partial charge on any atom is -0.507 e. The predicted octanol–water partition coefficient (Wildman–Crippen LogP) is 4.95. The number of carbonyl (C=O) groups excluding carboxylic acids is 2. The van der Waals surface area contributed by atoms with Crippen LogP contribution in [0.4, 0.5) is 0 Å². The van der Waals surface area contributed by atoms with E-state index >= 15 is 0 Å². The lowest BCUT2D eigenvalue weighted by Gasteiger charge is -2.24. The lowest BCUT2D eigenvalue weighted by molar-refractivity contribution is -0.140. The Morgan fingerprint density at radius 3 is 2.30 bits per heavy atom. The fraction of sp³-hybridized carbons (Fsp3) is 0.231. The van der Waals surface area contributed by atoms with Crippen molar-refractivity contribution in [1.82, 2.24) is 4.90 Å². The van der Waals surface area contributed by atoms with Crippen molar-refractivity contribution >= 4 is 28.8 Å². The van der Waals surface area contributed by atoms with Gasteiger partial charge in [-0.15, -0.1) is 11.3 Å². The Labute approximate surface area is 196 Å². The number of Topliss-reactive ketones (excluding diaryl/α,β-unsaturated/α-hetero) is 1. The van der Waals surface area contributed by atoms with Gasteiger partial charge in [-0.1, -0.05) is 43.3 Å². The van der Waals surface area contributed by atoms with Crippen LogP contribution in [0, 0.1) is 0 Å². The lowest BCUT2D eigenvalue weighted by Crippen LogP contribution is -2.28. The van der Waals surface area contributed by atoms with Gasteiger partial charge >= 0.3 is 0 Å². The normalized spacial score (nSPS) is 17.4. The molecule has 4 rings (SSSR count). The molecule has 1 N–H and O–H groups in total. The Balaban J connectivity index is 1.78. The van der Waals surface area contributed by atoms with Gasteiger partial charge in [-0.25, -0.2) is 0 Å². The second-order valence-electron chi connectivity index (χ2n) is 7.68. The number of likely N-dealkylation sites (tertiary alicyclic amines) is 1. The minimum absolute atomic E-state index is 0.104. The number of ketones is 1. The summed E-state index contributed by atoms with van der Waals surface area (Å²) in [7, 11) is 3.10. The first-order valence-corrected chi connectivity index (χ1v) is 11.5. The maximum absolute atomic E-state index is 13.1. The molecule has 33 heavy (non-hydrogen) atoms. The zero-order valence-corrected chi connectivity index (χ0v) is 19.5. The van der Waals surface area contributed by atoms with Gasteiger partial charge in [0.2, 0.25) is 0 Å². The summed E-state index contributed by atoms with van der Waals surface area (Å²) in [4.78, 5) is 28.6. The second kappa shape index (κ2) is 9.50. The van der Waals surface area contributed by atoms with Gasteiger partial charge in [0.25, 0.3) is 11.7 Å². The number of aliphatic hydroxyl groups excluding tert-OH is 1. The molecule has 1 amide bonds. The van der Waals surface area contributed by atoms with Crippen molar-refractivity contribution in [2.24, 2.45) is 0 Å². The molecule has 1 aliphatic rings. The summed E-state index contributed by atoms with van der Waals surface area (Å²) in [5.41, 5.74) is 2.52. The summed E-state index contributed by atoms with van der Waals surface area (Å²) < 4.78 is 10.7. The van der Waals surface area contributed by atoms with Gasteiger partial charge in [0.1, 0.15) is 5.76 Å². The van der Waals surface area contributed by atoms with E-state index in [1.54, 1.807) is 38.5 Å². The van der Waals surface area contributed by atoms with Gasteiger partial charge in [0.05, 0.1) is 25.8 Å². The third-order valence-electron chi connectivity index (χ3n) is 5.79. The maximum atomic E-state index is 13.1. The Bertz CT molecular complexity index is 1200. The van der Waals surface area contributed by atoms with Crippen LogP contribution in [0.1, 0.15) is 34.5 Å². The Hall–Kier alpha value is -3.58. The molecule has 0 aliphatic carbocycles. The molecule has 1 aliphatic heterocycles. The molecule has 1 atom stereocenters. The highest BCUT2D eigenvalue weighted by Crippen LogP contribution is 2.42. The highest BCUT2D eigenvalue weighted by Gasteiger charge is 2.46. The van der Waals surface area contributed by atoms with E-state index in [-0.39, 0.29) is 17.9 Å². The number of hydrogen-bond acceptors (Lipinski definition) is 6. The molecule has 0 saturated carbocycles. The van der Waals surface area contributed by atoms with Crippen LogP contribution in [0.3, 0.4) is 0 Å². The molecular formula is C26H25NO5S. The van der Waals surface area contributed by atoms with E-state index < -0.39 is 17.7 Å². The van der Waals surface area contributed by atoms with E-state index in [0.717, 1.165) is 22.4 Å². The summed E-state index contributed by atoms with van der Waals surface area (Å²) in [5.74, 6) is -0.381. The molecule has 1 saturated heterocycles. The van der Waals surface area contributed by atoms with Gasteiger partial charge in [-0.05, 0) is 41.1 Å². The van der Waals surface area contributed by atoms with Crippen LogP contribution in [0.5, 0.6) is 11.5 Å². The number of aryl methyl sites for hydroxylation is 1. The number of aliphatic hydroxyl groups is 1. The maximum Gasteiger partial charge on any atom is 0.295 e. The molecule has 2 heterocycles. The van der Waals surface area contributed by atoms with Crippen LogP contribution < -0.4 is 9.47 Å². The number of methoxy groups -OCH3 is 2. The van der Waals surface area contributed by atoms with Crippen LogP contribution in [-0.2, 0) is 22.6 Å². The molecule has 0 radical (unpaired) electrons. The second-order valence-corrected chi connectivity index (χ2v) is 8.66. The molecule has 0 bridgehead atoms. The van der Waals surface area contributed by atoms with Crippen LogP contribution in [0.15, 0.2) is 65.6 Å². The number of amides is 1. The molecular weight excluding hydrogens is 438 g/mol. The number of ether oxygens (including phenoxy) is 2. The molecule has 7 heteroatoms. The molecule has 1 fully saturated rings. The van der Waals surface area contributed by atoms with Gasteiger partial charge in [0.15, 0.2) is 11.5 Å². The average Bonchev–Trinajstić information content (AvgIpc) is 3.46. The third-order valence-corrected chi connectivity index (χ3v) is 6.71. The van der Waals surface area contributed by atoms with E-state index in [1.807, 2.05) is 42.6 Å². The Morgan fingerprint density at radius 1 is 1.00 bits per heavy atom. The van der Waals surface area contributed by atoms with Crippen molar-refractivity contribution in [3.63, 3.8) is 0 Å². The van der Waals surface area contributed by atoms with Crippen molar-refractivity contribution in [3.05, 3.63) is 87.1 Å². The van der Waals surface area contributed by atoms with Gasteiger partial charge in [-0.2, -0.15) is 0 Å². The highest BCUT2D eigenvalue weighted by molar-refractivity contribution is 7.10. The quantitative estimate of drug-likeness (QED) is 0.305. The minimum atomic E-state index is -0.689. The van der Waals surface area contributed by atoms with Crippen molar-refractivity contribution in [2.75, 3.05) is 14.2 Å². The lowest BCUT2D eigenvalue weighted by atomic mass is 9.99. The van der Waals surface area contributed by atoms with E-state index in [4.69, 9.17) is 9.47 Å². The van der Waals surface area contributed by atoms with Crippen LogP contribution in [0.2, 0.25) is 0 Å². The summed E-state index contributed by atoms with van der Waals surface area (Å²) in [6.45, 7) is 2.23. The fourth-order valence-electron chi connectivity index (χ4n) is 4.02. The average molecular weight is 464 g/mol. The first-order valence-electron chi connectivity index (χ1n) is 10.6. The molecule has 1 unspecified atom stereocenters. The zero-order chi connectivity index (χ0) is 23.5. The standard InChI is InChI=1S/C26H25NO5S/c1-4-16-7-10-18(11-8-16)24(28)22-23(21-6-5-13-33-21)27(26(30)25(22)29)15-17-9-12-19(31-2)20(14-17)32-3/h5-14,23,28H,4,15H2,1-3H3/b24-22-. The van der Waals surface area contributed by atoms with Crippen LogP contribution in [-0.4, -0.2) is 35.9 Å². The predicted molar refractivity (Wildman–Crippen MR) is 128 cm³/mol. The molecule has 2 aromatic carbocycles. The summed E-state index contributed by atoms with van der Waals surface area (Å²) in [5, 5.41) is 13.0. The number of carbonyl (C=O) groups is 2. The first kappa shape index (κ1) is 22.6. The monoisotopic (exact) mass is 463 g/mol. The van der Waals surface area contributed by atoms with Gasteiger partial charge in [-0.3, -0.25) is 9.59 Å². The van der Waals surface area contributed by atoms with E-state index in [2.05, 4.69) is 0 Å². The van der Waals surface area contributed by atoms with Crippen LogP contribution >= 0.6 is 11.3 Å². The Morgan fingerprint density at radius 2 is 1.70 bits per heavy atom.